The van der Waals surface area contributed by atoms with Crippen LogP contribution in [0.5, 0.6) is 0 Å². The zero-order valence-corrected chi connectivity index (χ0v) is 17.0. The lowest BCUT2D eigenvalue weighted by atomic mass is 10.0. The maximum Gasteiger partial charge on any atom is 0.338 e. The third kappa shape index (κ3) is 6.13. The van der Waals surface area contributed by atoms with E-state index in [-0.39, 0.29) is 17.0 Å². The molecule has 0 saturated carbocycles. The minimum atomic E-state index is -0.874. The lowest BCUT2D eigenvalue weighted by Gasteiger charge is -2.16. The van der Waals surface area contributed by atoms with Crippen LogP contribution < -0.4 is 10.2 Å². The maximum absolute atomic E-state index is 12.2. The Morgan fingerprint density at radius 1 is 1.13 bits per heavy atom. The molecule has 9 nitrogen and oxygen atoms in total. The Morgan fingerprint density at radius 3 is 2.37 bits per heavy atom. The normalized spacial score (nSPS) is 11.3. The summed E-state index contributed by atoms with van der Waals surface area (Å²) < 4.78 is 4.96. The van der Waals surface area contributed by atoms with E-state index in [4.69, 9.17) is 4.74 Å². The fraction of sp³-hybridized carbons (Fsp3) is 0.286. The summed E-state index contributed by atoms with van der Waals surface area (Å²) >= 11 is 0. The number of nitrogens with zero attached hydrogens (tertiary/aromatic N) is 2. The van der Waals surface area contributed by atoms with Crippen LogP contribution >= 0.6 is 0 Å². The smallest absolute Gasteiger partial charge is 0.338 e. The first kappa shape index (κ1) is 22.5. The van der Waals surface area contributed by atoms with Crippen molar-refractivity contribution >= 4 is 29.0 Å². The van der Waals surface area contributed by atoms with Gasteiger partial charge in [0.05, 0.1) is 16.5 Å². The molecule has 2 rings (SSSR count). The average molecular weight is 413 g/mol. The highest BCUT2D eigenvalue weighted by atomic mass is 16.6. The van der Waals surface area contributed by atoms with E-state index in [1.807, 2.05) is 30.3 Å². The Labute approximate surface area is 173 Å². The van der Waals surface area contributed by atoms with E-state index in [1.54, 1.807) is 19.0 Å². The van der Waals surface area contributed by atoms with Crippen LogP contribution in [0.15, 0.2) is 48.5 Å². The molecule has 1 amide bonds. The number of ketones is 1. The quantitative estimate of drug-likeness (QED) is 0.380. The molecule has 158 valence electrons. The minimum absolute atomic E-state index is 0.0486. The van der Waals surface area contributed by atoms with Crippen molar-refractivity contribution in [3.8, 4) is 0 Å². The molecule has 0 saturated heterocycles. The number of rotatable bonds is 9. The van der Waals surface area contributed by atoms with Gasteiger partial charge in [0.2, 0.25) is 0 Å². The molecular formula is C21H23N3O6. The van der Waals surface area contributed by atoms with Crippen LogP contribution in [-0.2, 0) is 20.7 Å². The molecule has 0 fully saturated rings. The highest BCUT2D eigenvalue weighted by Gasteiger charge is 2.21. The summed E-state index contributed by atoms with van der Waals surface area (Å²) in [6.45, 7) is 0.756. The Morgan fingerprint density at radius 2 is 1.80 bits per heavy atom. The molecule has 1 N–H and O–H groups in total. The Kier molecular flexibility index (Phi) is 7.62. The second kappa shape index (κ2) is 10.1. The van der Waals surface area contributed by atoms with Gasteiger partial charge in [-0.15, -0.1) is 0 Å². The average Bonchev–Trinajstić information content (AvgIpc) is 2.71. The van der Waals surface area contributed by atoms with Crippen LogP contribution in [0.1, 0.15) is 22.8 Å². The zero-order valence-electron chi connectivity index (χ0n) is 17.0. The van der Waals surface area contributed by atoms with Crippen LogP contribution in [0.3, 0.4) is 0 Å². The molecule has 2 aromatic carbocycles. The van der Waals surface area contributed by atoms with Crippen molar-refractivity contribution in [3.05, 3.63) is 69.8 Å². The number of benzene rings is 2. The second-order valence-electron chi connectivity index (χ2n) is 6.85. The summed E-state index contributed by atoms with van der Waals surface area (Å²) in [5.74, 6) is -1.74. The van der Waals surface area contributed by atoms with Gasteiger partial charge in [-0.05, 0) is 31.0 Å². The third-order valence-corrected chi connectivity index (χ3v) is 4.33. The largest absolute Gasteiger partial charge is 0.452 e. The molecule has 0 heterocycles. The standard InChI is InChI=1S/C21H23N3O6/c1-14(25)17(11-15-7-5-4-6-8-15)22-20(26)13-30-21(27)16-9-10-18(23(2)3)19(12-16)24(28)29/h4-10,12,17H,11,13H2,1-3H3,(H,22,26)/t17-/m0/s1. The second-order valence-corrected chi connectivity index (χ2v) is 6.85. The molecule has 0 radical (unpaired) electrons. The fourth-order valence-electron chi connectivity index (χ4n) is 2.77. The Balaban J connectivity index is 1.99. The van der Waals surface area contributed by atoms with E-state index in [0.717, 1.165) is 11.6 Å². The van der Waals surface area contributed by atoms with Crippen molar-refractivity contribution in [3.63, 3.8) is 0 Å². The summed E-state index contributed by atoms with van der Waals surface area (Å²) in [5.41, 5.74) is 0.911. The molecule has 0 aromatic heterocycles. The molecule has 2 aromatic rings. The van der Waals surface area contributed by atoms with Crippen molar-refractivity contribution in [2.45, 2.75) is 19.4 Å². The minimum Gasteiger partial charge on any atom is -0.452 e. The number of hydrogen-bond donors (Lipinski definition) is 1. The number of carbonyl (C=O) groups excluding carboxylic acids is 3. The number of anilines is 1. The molecule has 30 heavy (non-hydrogen) atoms. The summed E-state index contributed by atoms with van der Waals surface area (Å²) in [7, 11) is 3.29. The van der Waals surface area contributed by atoms with Crippen LogP contribution in [-0.4, -0.2) is 49.3 Å². The number of nitrogens with one attached hydrogen (secondary N) is 1. The lowest BCUT2D eigenvalue weighted by molar-refractivity contribution is -0.384. The van der Waals surface area contributed by atoms with Gasteiger partial charge in [0.1, 0.15) is 5.69 Å². The van der Waals surface area contributed by atoms with E-state index >= 15 is 0 Å². The summed E-state index contributed by atoms with van der Waals surface area (Å²) in [4.78, 5) is 48.4. The first-order chi connectivity index (χ1) is 14.2. The van der Waals surface area contributed by atoms with Gasteiger partial charge in [-0.3, -0.25) is 19.7 Å². The molecule has 9 heteroatoms. The van der Waals surface area contributed by atoms with E-state index in [9.17, 15) is 24.5 Å². The molecule has 0 aliphatic carbocycles. The molecule has 0 aliphatic heterocycles. The SMILES string of the molecule is CC(=O)[C@H](Cc1ccccc1)NC(=O)COC(=O)c1ccc(N(C)C)c([N+](=O)[O-])c1. The number of hydrogen-bond acceptors (Lipinski definition) is 7. The van der Waals surface area contributed by atoms with Crippen molar-refractivity contribution < 1.29 is 24.0 Å². The van der Waals surface area contributed by atoms with Crippen LogP contribution in [0.2, 0.25) is 0 Å². The maximum atomic E-state index is 12.2. The topological polar surface area (TPSA) is 119 Å². The van der Waals surface area contributed by atoms with Gasteiger partial charge < -0.3 is 15.0 Å². The number of ether oxygens (including phenoxy) is 1. The van der Waals surface area contributed by atoms with E-state index in [0.29, 0.717) is 12.1 Å². The monoisotopic (exact) mass is 413 g/mol. The highest BCUT2D eigenvalue weighted by Crippen LogP contribution is 2.27. The van der Waals surface area contributed by atoms with Gasteiger partial charge in [0.25, 0.3) is 11.6 Å². The third-order valence-electron chi connectivity index (χ3n) is 4.33. The first-order valence-electron chi connectivity index (χ1n) is 9.15. The number of nitro groups is 1. The van der Waals surface area contributed by atoms with Crippen molar-refractivity contribution in [1.29, 1.82) is 0 Å². The number of nitro benzene ring substituents is 1. The highest BCUT2D eigenvalue weighted by molar-refractivity contribution is 5.94. The van der Waals surface area contributed by atoms with Gasteiger partial charge in [-0.2, -0.15) is 0 Å². The zero-order chi connectivity index (χ0) is 22.3. The molecule has 0 unspecified atom stereocenters. The summed E-state index contributed by atoms with van der Waals surface area (Å²) in [5, 5.41) is 13.8. The predicted molar refractivity (Wildman–Crippen MR) is 110 cm³/mol. The predicted octanol–water partition coefficient (Wildman–Crippen LogP) is 2.13. The lowest BCUT2D eigenvalue weighted by Crippen LogP contribution is -2.43. The van der Waals surface area contributed by atoms with E-state index < -0.39 is 29.4 Å². The van der Waals surface area contributed by atoms with Crippen LogP contribution in [0.25, 0.3) is 0 Å². The Bertz CT molecular complexity index is 943. The van der Waals surface area contributed by atoms with Gasteiger partial charge in [0, 0.05) is 20.2 Å². The summed E-state index contributed by atoms with van der Waals surface area (Å²) in [6, 6.07) is 12.4. The van der Waals surface area contributed by atoms with E-state index in [1.165, 1.54) is 19.1 Å². The number of carbonyl (C=O) groups is 3. The fourth-order valence-corrected chi connectivity index (χ4v) is 2.77. The molecule has 0 spiro atoms. The Hall–Kier alpha value is -3.75. The molecule has 1 atom stereocenters. The van der Waals surface area contributed by atoms with Gasteiger partial charge in [-0.1, -0.05) is 30.3 Å². The van der Waals surface area contributed by atoms with Crippen molar-refractivity contribution in [2.24, 2.45) is 0 Å². The van der Waals surface area contributed by atoms with Crippen molar-refractivity contribution in [1.82, 2.24) is 5.32 Å². The van der Waals surface area contributed by atoms with Gasteiger partial charge in [-0.25, -0.2) is 4.79 Å². The molecular weight excluding hydrogens is 390 g/mol. The van der Waals surface area contributed by atoms with Gasteiger partial charge in [0.15, 0.2) is 12.4 Å². The number of esters is 1. The number of amides is 1. The summed E-state index contributed by atoms with van der Waals surface area (Å²) in [6.07, 6.45) is 0.314. The van der Waals surface area contributed by atoms with Crippen molar-refractivity contribution in [2.75, 3.05) is 25.6 Å². The van der Waals surface area contributed by atoms with Crippen LogP contribution in [0.4, 0.5) is 11.4 Å². The van der Waals surface area contributed by atoms with Crippen LogP contribution in [0, 0.1) is 10.1 Å². The number of Topliss-reactive ketones (excluding diaryl/α,β-unsaturated/α-hetero) is 1. The molecule has 0 bridgehead atoms. The van der Waals surface area contributed by atoms with Gasteiger partial charge >= 0.3 is 5.97 Å². The first-order valence-corrected chi connectivity index (χ1v) is 9.15. The molecule has 0 aliphatic rings. The van der Waals surface area contributed by atoms with E-state index in [2.05, 4.69) is 5.32 Å².